The van der Waals surface area contributed by atoms with E-state index in [0.29, 0.717) is 5.69 Å². The third-order valence-electron chi connectivity index (χ3n) is 4.13. The SMILES string of the molecule is CCOC(=O)C1(C(=O)OCC)CC(=O)[C@](C)(c2cc[nH]n2)C1. The number of nitrogens with one attached hydrogen (secondary N) is 1. The van der Waals surface area contributed by atoms with Gasteiger partial charge in [-0.3, -0.25) is 19.5 Å². The number of esters is 2. The van der Waals surface area contributed by atoms with Crippen LogP contribution in [-0.2, 0) is 29.3 Å². The van der Waals surface area contributed by atoms with Crippen molar-refractivity contribution in [1.82, 2.24) is 10.2 Å². The van der Waals surface area contributed by atoms with Gasteiger partial charge in [-0.1, -0.05) is 0 Å². The number of hydrogen-bond acceptors (Lipinski definition) is 6. The Morgan fingerprint density at radius 3 is 2.32 bits per heavy atom. The number of ketones is 1. The predicted molar refractivity (Wildman–Crippen MR) is 75.9 cm³/mol. The van der Waals surface area contributed by atoms with E-state index in [1.54, 1.807) is 33.0 Å². The van der Waals surface area contributed by atoms with Crippen molar-refractivity contribution in [3.63, 3.8) is 0 Å². The first-order chi connectivity index (χ1) is 10.4. The normalized spacial score (nSPS) is 23.3. The topological polar surface area (TPSA) is 98.4 Å². The van der Waals surface area contributed by atoms with E-state index >= 15 is 0 Å². The lowest BCUT2D eigenvalue weighted by atomic mass is 9.78. The zero-order chi connectivity index (χ0) is 16.4. The Labute approximate surface area is 128 Å². The molecule has 1 atom stereocenters. The van der Waals surface area contributed by atoms with Gasteiger partial charge in [-0.2, -0.15) is 5.10 Å². The number of rotatable bonds is 5. The third-order valence-corrected chi connectivity index (χ3v) is 4.13. The molecular weight excluding hydrogens is 288 g/mol. The zero-order valence-electron chi connectivity index (χ0n) is 13.0. The summed E-state index contributed by atoms with van der Waals surface area (Å²) in [6.45, 7) is 5.26. The van der Waals surface area contributed by atoms with Gasteiger partial charge in [0.2, 0.25) is 0 Å². The second-order valence-electron chi connectivity index (χ2n) is 5.59. The number of H-pyrrole nitrogens is 1. The summed E-state index contributed by atoms with van der Waals surface area (Å²) in [5.41, 5.74) is -2.09. The van der Waals surface area contributed by atoms with E-state index in [4.69, 9.17) is 9.47 Å². The molecule has 22 heavy (non-hydrogen) atoms. The van der Waals surface area contributed by atoms with E-state index in [1.807, 2.05) is 0 Å². The lowest BCUT2D eigenvalue weighted by Gasteiger charge is -2.26. The van der Waals surface area contributed by atoms with Crippen LogP contribution in [0.3, 0.4) is 0 Å². The van der Waals surface area contributed by atoms with Gasteiger partial charge >= 0.3 is 11.9 Å². The van der Waals surface area contributed by atoms with E-state index < -0.39 is 22.8 Å². The Bertz CT molecular complexity index is 563. The molecule has 1 aliphatic carbocycles. The van der Waals surface area contributed by atoms with Crippen LogP contribution in [0, 0.1) is 5.41 Å². The minimum atomic E-state index is -1.59. The Kier molecular flexibility index (Phi) is 4.35. The number of Topliss-reactive ketones (excluding diaryl/α,β-unsaturated/α-hetero) is 1. The van der Waals surface area contributed by atoms with Crippen LogP contribution >= 0.6 is 0 Å². The van der Waals surface area contributed by atoms with Gasteiger partial charge in [-0.25, -0.2) is 0 Å². The predicted octanol–water partition coefficient (Wildman–Crippen LogP) is 1.14. The first-order valence-electron chi connectivity index (χ1n) is 7.28. The van der Waals surface area contributed by atoms with E-state index in [0.717, 1.165) is 0 Å². The monoisotopic (exact) mass is 308 g/mol. The number of nitrogens with zero attached hydrogens (tertiary/aromatic N) is 1. The summed E-state index contributed by atoms with van der Waals surface area (Å²) in [5, 5.41) is 6.70. The van der Waals surface area contributed by atoms with E-state index in [2.05, 4.69) is 10.2 Å². The summed E-state index contributed by atoms with van der Waals surface area (Å²) in [4.78, 5) is 37.3. The molecule has 1 saturated carbocycles. The standard InChI is InChI=1S/C15H20N2O5/c1-4-21-12(19)15(13(20)22-5-2)8-11(18)14(3,9-15)10-6-7-16-17-10/h6-7H,4-5,8-9H2,1-3H3,(H,16,17)/t14-/m0/s1. The van der Waals surface area contributed by atoms with Gasteiger partial charge in [0.25, 0.3) is 0 Å². The Balaban J connectivity index is 2.42. The van der Waals surface area contributed by atoms with Crippen LogP contribution in [0.1, 0.15) is 39.3 Å². The molecule has 1 fully saturated rings. The summed E-state index contributed by atoms with van der Waals surface area (Å²) >= 11 is 0. The van der Waals surface area contributed by atoms with E-state index in [-0.39, 0.29) is 31.8 Å². The molecule has 0 aliphatic heterocycles. The van der Waals surface area contributed by atoms with Crippen molar-refractivity contribution in [2.24, 2.45) is 5.41 Å². The van der Waals surface area contributed by atoms with Crippen molar-refractivity contribution in [3.8, 4) is 0 Å². The summed E-state index contributed by atoms with van der Waals surface area (Å²) in [6, 6.07) is 1.67. The molecule has 0 aromatic carbocycles. The molecule has 7 nitrogen and oxygen atoms in total. The summed E-state index contributed by atoms with van der Waals surface area (Å²) in [5.74, 6) is -1.64. The molecule has 0 radical (unpaired) electrons. The maximum absolute atomic E-state index is 12.6. The minimum Gasteiger partial charge on any atom is -0.465 e. The highest BCUT2D eigenvalue weighted by Crippen LogP contribution is 2.49. The van der Waals surface area contributed by atoms with Crippen LogP contribution in [-0.4, -0.2) is 41.1 Å². The van der Waals surface area contributed by atoms with Crippen molar-refractivity contribution in [1.29, 1.82) is 0 Å². The van der Waals surface area contributed by atoms with Crippen LogP contribution < -0.4 is 0 Å². The molecule has 120 valence electrons. The highest BCUT2D eigenvalue weighted by Gasteiger charge is 2.63. The van der Waals surface area contributed by atoms with Gasteiger partial charge in [0.1, 0.15) is 5.78 Å². The fourth-order valence-electron chi connectivity index (χ4n) is 2.95. The first kappa shape index (κ1) is 16.2. The first-order valence-corrected chi connectivity index (χ1v) is 7.28. The number of aromatic nitrogens is 2. The number of carbonyl (C=O) groups is 3. The molecule has 1 aromatic rings. The second-order valence-corrected chi connectivity index (χ2v) is 5.59. The molecule has 0 spiro atoms. The quantitative estimate of drug-likeness (QED) is 0.647. The van der Waals surface area contributed by atoms with Gasteiger partial charge in [-0.15, -0.1) is 0 Å². The van der Waals surface area contributed by atoms with Crippen molar-refractivity contribution in [2.75, 3.05) is 13.2 Å². The van der Waals surface area contributed by atoms with Gasteiger partial charge in [0.15, 0.2) is 5.41 Å². The van der Waals surface area contributed by atoms with Crippen molar-refractivity contribution in [2.45, 2.75) is 39.0 Å². The van der Waals surface area contributed by atoms with E-state index in [9.17, 15) is 14.4 Å². The maximum Gasteiger partial charge on any atom is 0.323 e. The second kappa shape index (κ2) is 5.90. The number of aromatic amines is 1. The molecule has 0 saturated heterocycles. The third kappa shape index (κ3) is 2.40. The zero-order valence-corrected chi connectivity index (χ0v) is 13.0. The molecule has 1 N–H and O–H groups in total. The lowest BCUT2D eigenvalue weighted by molar-refractivity contribution is -0.172. The van der Waals surface area contributed by atoms with E-state index in [1.165, 1.54) is 0 Å². The van der Waals surface area contributed by atoms with Crippen LogP contribution in [0.25, 0.3) is 0 Å². The molecule has 1 aliphatic rings. The molecule has 2 rings (SSSR count). The molecule has 1 heterocycles. The average molecular weight is 308 g/mol. The fraction of sp³-hybridized carbons (Fsp3) is 0.600. The average Bonchev–Trinajstić information content (AvgIpc) is 3.08. The summed E-state index contributed by atoms with van der Waals surface area (Å²) in [6.07, 6.45) is 1.37. The number of hydrogen-bond donors (Lipinski definition) is 1. The van der Waals surface area contributed by atoms with Crippen molar-refractivity contribution >= 4 is 17.7 Å². The largest absolute Gasteiger partial charge is 0.465 e. The summed E-state index contributed by atoms with van der Waals surface area (Å²) in [7, 11) is 0. The fourth-order valence-corrected chi connectivity index (χ4v) is 2.95. The molecule has 0 unspecified atom stereocenters. The molecule has 1 aromatic heterocycles. The van der Waals surface area contributed by atoms with Crippen LogP contribution in [0.2, 0.25) is 0 Å². The maximum atomic E-state index is 12.6. The van der Waals surface area contributed by atoms with Crippen molar-refractivity contribution < 1.29 is 23.9 Å². The Hall–Kier alpha value is -2.18. The number of carbonyl (C=O) groups excluding carboxylic acids is 3. The Morgan fingerprint density at radius 2 is 1.86 bits per heavy atom. The number of ether oxygens (including phenoxy) is 2. The van der Waals surface area contributed by atoms with Gasteiger partial charge < -0.3 is 9.47 Å². The molecule has 0 bridgehead atoms. The smallest absolute Gasteiger partial charge is 0.323 e. The van der Waals surface area contributed by atoms with Gasteiger partial charge in [0, 0.05) is 12.6 Å². The van der Waals surface area contributed by atoms with Gasteiger partial charge in [-0.05, 0) is 33.3 Å². The minimum absolute atomic E-state index is 0.00134. The highest BCUT2D eigenvalue weighted by atomic mass is 16.6. The molecular formula is C15H20N2O5. The van der Waals surface area contributed by atoms with Crippen LogP contribution in [0.5, 0.6) is 0 Å². The molecule has 0 amide bonds. The summed E-state index contributed by atoms with van der Waals surface area (Å²) < 4.78 is 10.1. The van der Waals surface area contributed by atoms with Crippen molar-refractivity contribution in [3.05, 3.63) is 18.0 Å². The lowest BCUT2D eigenvalue weighted by Crippen LogP contribution is -2.41. The van der Waals surface area contributed by atoms with Crippen LogP contribution in [0.15, 0.2) is 12.3 Å². The Morgan fingerprint density at radius 1 is 1.27 bits per heavy atom. The van der Waals surface area contributed by atoms with Crippen LogP contribution in [0.4, 0.5) is 0 Å². The van der Waals surface area contributed by atoms with Gasteiger partial charge in [0.05, 0.1) is 24.3 Å². The molecule has 7 heteroatoms. The highest BCUT2D eigenvalue weighted by molar-refractivity contribution is 6.09.